The monoisotopic (exact) mass is 294 g/mol. The molecule has 0 saturated carbocycles. The highest BCUT2D eigenvalue weighted by Gasteiger charge is 2.07. The average Bonchev–Trinajstić information content (AvgIpc) is 2.46. The first kappa shape index (κ1) is 16.6. The van der Waals surface area contributed by atoms with Gasteiger partial charge in [0.1, 0.15) is 0 Å². The standard InChI is InChI=1S/C14H18N2O5/c1-21-9-8-15-14(20)10-2-4-11(5-3-10)16-12(17)6-7-13(18)19/h2-5H,6-9H2,1H3,(H,15,20)(H,16,17)(H,18,19). The topological polar surface area (TPSA) is 105 Å². The molecule has 2 amide bonds. The Hall–Kier alpha value is -2.41. The highest BCUT2D eigenvalue weighted by Crippen LogP contribution is 2.10. The molecule has 7 heteroatoms. The molecule has 1 aromatic rings. The molecule has 0 unspecified atom stereocenters. The number of carbonyl (C=O) groups is 3. The van der Waals surface area contributed by atoms with E-state index in [4.69, 9.17) is 9.84 Å². The molecule has 0 aliphatic heterocycles. The van der Waals surface area contributed by atoms with Crippen molar-refractivity contribution in [2.75, 3.05) is 25.6 Å². The number of hydrogen-bond donors (Lipinski definition) is 3. The number of methoxy groups -OCH3 is 1. The number of rotatable bonds is 8. The second kappa shape index (κ2) is 8.70. The quantitative estimate of drug-likeness (QED) is 0.617. The number of amides is 2. The zero-order valence-electron chi connectivity index (χ0n) is 11.7. The molecule has 0 aliphatic rings. The number of anilines is 1. The Kier molecular flexibility index (Phi) is 6.90. The molecule has 0 radical (unpaired) electrons. The molecule has 3 N–H and O–H groups in total. The second-order valence-electron chi connectivity index (χ2n) is 4.27. The minimum atomic E-state index is -1.02. The molecule has 0 spiro atoms. The molecule has 0 atom stereocenters. The van der Waals surface area contributed by atoms with Gasteiger partial charge in [0.25, 0.3) is 5.91 Å². The summed E-state index contributed by atoms with van der Waals surface area (Å²) in [5.74, 6) is -1.63. The van der Waals surface area contributed by atoms with E-state index in [0.717, 1.165) is 0 Å². The highest BCUT2D eigenvalue weighted by atomic mass is 16.5. The number of carboxylic acids is 1. The first-order valence-corrected chi connectivity index (χ1v) is 6.41. The van der Waals surface area contributed by atoms with Crippen LogP contribution in [0.5, 0.6) is 0 Å². The van der Waals surface area contributed by atoms with Crippen molar-refractivity contribution in [1.29, 1.82) is 0 Å². The minimum Gasteiger partial charge on any atom is -0.481 e. The molecule has 114 valence electrons. The summed E-state index contributed by atoms with van der Waals surface area (Å²) in [4.78, 5) is 33.5. The van der Waals surface area contributed by atoms with Crippen molar-refractivity contribution in [3.8, 4) is 0 Å². The van der Waals surface area contributed by atoms with Crippen LogP contribution in [0.2, 0.25) is 0 Å². The number of nitrogens with one attached hydrogen (secondary N) is 2. The summed E-state index contributed by atoms with van der Waals surface area (Å²) in [6, 6.07) is 6.33. The van der Waals surface area contributed by atoms with Crippen molar-refractivity contribution >= 4 is 23.5 Å². The maximum Gasteiger partial charge on any atom is 0.303 e. The number of carbonyl (C=O) groups excluding carboxylic acids is 2. The van der Waals surface area contributed by atoms with Gasteiger partial charge in [-0.2, -0.15) is 0 Å². The summed E-state index contributed by atoms with van der Waals surface area (Å²) in [6.45, 7) is 0.854. The van der Waals surface area contributed by atoms with E-state index in [1.807, 2.05) is 0 Å². The number of carboxylic acid groups (broad SMARTS) is 1. The third-order valence-electron chi connectivity index (χ3n) is 2.59. The van der Waals surface area contributed by atoms with Crippen LogP contribution < -0.4 is 10.6 Å². The predicted octanol–water partition coefficient (Wildman–Crippen LogP) is 0.866. The van der Waals surface area contributed by atoms with Crippen molar-refractivity contribution in [1.82, 2.24) is 5.32 Å². The van der Waals surface area contributed by atoms with Crippen LogP contribution in [0.1, 0.15) is 23.2 Å². The molecule has 0 aliphatic carbocycles. The van der Waals surface area contributed by atoms with Gasteiger partial charge in [-0.1, -0.05) is 0 Å². The lowest BCUT2D eigenvalue weighted by molar-refractivity contribution is -0.138. The van der Waals surface area contributed by atoms with Crippen LogP contribution in [-0.2, 0) is 14.3 Å². The van der Waals surface area contributed by atoms with Crippen molar-refractivity contribution < 1.29 is 24.2 Å². The molecule has 0 heterocycles. The summed E-state index contributed by atoms with van der Waals surface area (Å²) in [7, 11) is 1.55. The van der Waals surface area contributed by atoms with Gasteiger partial charge < -0.3 is 20.5 Å². The van der Waals surface area contributed by atoms with Crippen LogP contribution in [-0.4, -0.2) is 43.2 Å². The molecule has 21 heavy (non-hydrogen) atoms. The lowest BCUT2D eigenvalue weighted by Crippen LogP contribution is -2.26. The molecule has 0 saturated heterocycles. The Morgan fingerprint density at radius 3 is 2.38 bits per heavy atom. The minimum absolute atomic E-state index is 0.0887. The number of ether oxygens (including phenoxy) is 1. The smallest absolute Gasteiger partial charge is 0.303 e. The van der Waals surface area contributed by atoms with Gasteiger partial charge in [-0.05, 0) is 24.3 Å². The SMILES string of the molecule is COCCNC(=O)c1ccc(NC(=O)CCC(=O)O)cc1. The molecular formula is C14H18N2O5. The van der Waals surface area contributed by atoms with Gasteiger partial charge in [-0.3, -0.25) is 14.4 Å². The van der Waals surface area contributed by atoms with E-state index in [2.05, 4.69) is 10.6 Å². The summed E-state index contributed by atoms with van der Waals surface area (Å²) in [6.07, 6.45) is -0.305. The van der Waals surface area contributed by atoms with Gasteiger partial charge in [0.2, 0.25) is 5.91 Å². The molecule has 1 aromatic carbocycles. The third kappa shape index (κ3) is 6.53. The van der Waals surface area contributed by atoms with Crippen LogP contribution in [0, 0.1) is 0 Å². The predicted molar refractivity (Wildman–Crippen MR) is 76.2 cm³/mol. The second-order valence-corrected chi connectivity index (χ2v) is 4.27. The maximum atomic E-state index is 11.7. The summed E-state index contributed by atoms with van der Waals surface area (Å²) in [5.41, 5.74) is 0.980. The van der Waals surface area contributed by atoms with Crippen LogP contribution in [0.15, 0.2) is 24.3 Å². The van der Waals surface area contributed by atoms with Gasteiger partial charge in [0.05, 0.1) is 13.0 Å². The molecule has 0 fully saturated rings. The van der Waals surface area contributed by atoms with Crippen molar-refractivity contribution in [2.45, 2.75) is 12.8 Å². The fraction of sp³-hybridized carbons (Fsp3) is 0.357. The Morgan fingerprint density at radius 2 is 1.81 bits per heavy atom. The lowest BCUT2D eigenvalue weighted by Gasteiger charge is -2.07. The molecule has 0 bridgehead atoms. The van der Waals surface area contributed by atoms with E-state index >= 15 is 0 Å². The average molecular weight is 294 g/mol. The fourth-order valence-corrected chi connectivity index (χ4v) is 1.52. The van der Waals surface area contributed by atoms with Gasteiger partial charge >= 0.3 is 5.97 Å². The zero-order chi connectivity index (χ0) is 15.7. The number of hydrogen-bond acceptors (Lipinski definition) is 4. The Labute approximate surface area is 122 Å². The first-order chi connectivity index (χ1) is 10.0. The van der Waals surface area contributed by atoms with E-state index < -0.39 is 5.97 Å². The molecular weight excluding hydrogens is 276 g/mol. The molecule has 1 rings (SSSR count). The Bertz CT molecular complexity index is 499. The van der Waals surface area contributed by atoms with E-state index in [0.29, 0.717) is 24.4 Å². The summed E-state index contributed by atoms with van der Waals surface area (Å²) in [5, 5.41) is 13.7. The fourth-order valence-electron chi connectivity index (χ4n) is 1.52. The van der Waals surface area contributed by atoms with E-state index in [1.54, 1.807) is 31.4 Å². The van der Waals surface area contributed by atoms with Crippen LogP contribution in [0.4, 0.5) is 5.69 Å². The number of benzene rings is 1. The van der Waals surface area contributed by atoms with E-state index in [1.165, 1.54) is 0 Å². The largest absolute Gasteiger partial charge is 0.481 e. The van der Waals surface area contributed by atoms with Crippen molar-refractivity contribution in [3.05, 3.63) is 29.8 Å². The van der Waals surface area contributed by atoms with E-state index in [9.17, 15) is 14.4 Å². The van der Waals surface area contributed by atoms with Gasteiger partial charge in [0, 0.05) is 31.3 Å². The van der Waals surface area contributed by atoms with Crippen LogP contribution in [0.3, 0.4) is 0 Å². The summed E-state index contributed by atoms with van der Waals surface area (Å²) >= 11 is 0. The van der Waals surface area contributed by atoms with Gasteiger partial charge in [-0.15, -0.1) is 0 Å². The first-order valence-electron chi connectivity index (χ1n) is 6.41. The normalized spacial score (nSPS) is 9.95. The molecule has 0 aromatic heterocycles. The third-order valence-corrected chi connectivity index (χ3v) is 2.59. The lowest BCUT2D eigenvalue weighted by atomic mass is 10.2. The van der Waals surface area contributed by atoms with Crippen molar-refractivity contribution in [3.63, 3.8) is 0 Å². The number of aliphatic carboxylic acids is 1. The van der Waals surface area contributed by atoms with Crippen molar-refractivity contribution in [2.24, 2.45) is 0 Å². The van der Waals surface area contributed by atoms with Crippen LogP contribution >= 0.6 is 0 Å². The Balaban J connectivity index is 2.48. The van der Waals surface area contributed by atoms with E-state index in [-0.39, 0.29) is 24.7 Å². The Morgan fingerprint density at radius 1 is 1.14 bits per heavy atom. The summed E-state index contributed by atoms with van der Waals surface area (Å²) < 4.78 is 4.83. The van der Waals surface area contributed by atoms with Gasteiger partial charge in [0.15, 0.2) is 0 Å². The van der Waals surface area contributed by atoms with Crippen LogP contribution in [0.25, 0.3) is 0 Å². The molecule has 7 nitrogen and oxygen atoms in total. The maximum absolute atomic E-state index is 11.7. The van der Waals surface area contributed by atoms with Gasteiger partial charge in [-0.25, -0.2) is 0 Å². The zero-order valence-corrected chi connectivity index (χ0v) is 11.7. The highest BCUT2D eigenvalue weighted by molar-refractivity contribution is 5.96.